The van der Waals surface area contributed by atoms with E-state index in [1.165, 1.54) is 173 Å². The number of aliphatic hydroxyl groups excluding tert-OH is 5. The number of hydrogen-bond acceptors (Lipinski definition) is 11. The summed E-state index contributed by atoms with van der Waals surface area (Å²) in [6.07, 6.45) is 43.5. The third-order valence-electron chi connectivity index (χ3n) is 13.0. The van der Waals surface area contributed by atoms with E-state index < -0.39 is 63.1 Å². The molecule has 6 atom stereocenters. The molecule has 12 nitrogen and oxygen atoms in total. The highest BCUT2D eigenvalue weighted by Crippen LogP contribution is 2.47. The highest BCUT2D eigenvalue weighted by atomic mass is 31.2. The Balaban J connectivity index is 2.30. The van der Waals surface area contributed by atoms with Crippen LogP contribution in [0.15, 0.2) is 36.5 Å². The van der Waals surface area contributed by atoms with E-state index in [9.17, 15) is 39.8 Å². The molecule has 0 heterocycles. The number of carbonyl (C=O) groups is 1. The smallest absolute Gasteiger partial charge is 0.457 e. The van der Waals surface area contributed by atoms with Gasteiger partial charge in [0.25, 0.3) is 0 Å². The molecule has 1 rings (SSSR count). The lowest BCUT2D eigenvalue weighted by Gasteiger charge is -2.41. The van der Waals surface area contributed by atoms with Crippen LogP contribution in [0.4, 0.5) is 0 Å². The molecule has 0 amide bonds. The Morgan fingerprint density at radius 1 is 0.471 bits per heavy atom. The highest BCUT2D eigenvalue weighted by molar-refractivity contribution is 7.47. The molecule has 0 aromatic rings. The molecular weight excluding hydrogens is 884 g/mol. The number of phosphoric acid groups is 1. The van der Waals surface area contributed by atoms with Crippen molar-refractivity contribution < 1.29 is 58.3 Å². The van der Waals surface area contributed by atoms with Gasteiger partial charge < -0.3 is 39.9 Å². The van der Waals surface area contributed by atoms with Gasteiger partial charge in [-0.3, -0.25) is 13.8 Å². The lowest BCUT2D eigenvalue weighted by molar-refractivity contribution is -0.220. The predicted molar refractivity (Wildman–Crippen MR) is 276 cm³/mol. The number of phosphoric ester groups is 1. The average molecular weight is 987 g/mol. The van der Waals surface area contributed by atoms with Crippen LogP contribution in [0.25, 0.3) is 0 Å². The summed E-state index contributed by atoms with van der Waals surface area (Å²) in [6.45, 7) is 4.28. The molecule has 0 aliphatic heterocycles. The summed E-state index contributed by atoms with van der Waals surface area (Å²) in [4.78, 5) is 23.3. The summed E-state index contributed by atoms with van der Waals surface area (Å²) < 4.78 is 34.4. The molecule has 400 valence electrons. The maximum atomic E-state index is 12.9. The zero-order valence-electron chi connectivity index (χ0n) is 43.2. The van der Waals surface area contributed by atoms with Crippen molar-refractivity contribution in [2.24, 2.45) is 0 Å². The fourth-order valence-electron chi connectivity index (χ4n) is 8.56. The minimum Gasteiger partial charge on any atom is -0.457 e. The molecule has 6 N–H and O–H groups in total. The van der Waals surface area contributed by atoms with Crippen LogP contribution in [-0.4, -0.2) is 98.9 Å². The quantitative estimate of drug-likeness (QED) is 0.0147. The molecule has 1 saturated carbocycles. The van der Waals surface area contributed by atoms with Gasteiger partial charge in [0, 0.05) is 13.0 Å². The lowest BCUT2D eigenvalue weighted by Crippen LogP contribution is -2.64. The number of unbranched alkanes of at least 4 members (excludes halogenated alkanes) is 30. The van der Waals surface area contributed by atoms with Crippen molar-refractivity contribution in [1.82, 2.24) is 0 Å². The Hall–Kier alpha value is -1.44. The van der Waals surface area contributed by atoms with Crippen molar-refractivity contribution in [3.05, 3.63) is 36.5 Å². The minimum absolute atomic E-state index is 0.0778. The van der Waals surface area contributed by atoms with Crippen LogP contribution in [0.1, 0.15) is 245 Å². The number of esters is 1. The first kappa shape index (κ1) is 64.6. The van der Waals surface area contributed by atoms with E-state index in [0.717, 1.165) is 44.9 Å². The van der Waals surface area contributed by atoms with E-state index in [4.69, 9.17) is 18.5 Å². The summed E-state index contributed by atoms with van der Waals surface area (Å²) in [6, 6.07) is 0. The van der Waals surface area contributed by atoms with Gasteiger partial charge in [-0.05, 0) is 70.6 Å². The van der Waals surface area contributed by atoms with Gasteiger partial charge in [-0.15, -0.1) is 0 Å². The molecule has 0 radical (unpaired) electrons. The molecule has 13 heteroatoms. The Labute approximate surface area is 414 Å². The number of ether oxygens (including phenoxy) is 2. The van der Waals surface area contributed by atoms with Crippen molar-refractivity contribution >= 4 is 13.8 Å². The molecule has 1 aliphatic rings. The maximum Gasteiger partial charge on any atom is 0.472 e. The molecule has 0 spiro atoms. The summed E-state index contributed by atoms with van der Waals surface area (Å²) in [5.74, 6) is -0.478. The van der Waals surface area contributed by atoms with E-state index in [-0.39, 0.29) is 13.0 Å². The molecule has 0 aromatic heterocycles. The summed E-state index contributed by atoms with van der Waals surface area (Å²) >= 11 is 0. The Morgan fingerprint density at radius 2 is 0.824 bits per heavy atom. The minimum atomic E-state index is -5.03. The molecule has 0 bridgehead atoms. The monoisotopic (exact) mass is 987 g/mol. The Bertz CT molecular complexity index is 1260. The van der Waals surface area contributed by atoms with Gasteiger partial charge in [-0.25, -0.2) is 4.57 Å². The van der Waals surface area contributed by atoms with Gasteiger partial charge in [-0.2, -0.15) is 0 Å². The zero-order chi connectivity index (χ0) is 49.8. The second-order valence-electron chi connectivity index (χ2n) is 19.4. The molecule has 0 aromatic carbocycles. The molecule has 6 unspecified atom stereocenters. The highest BCUT2D eigenvalue weighted by Gasteiger charge is 2.51. The van der Waals surface area contributed by atoms with Crippen LogP contribution in [0.5, 0.6) is 0 Å². The topological polar surface area (TPSA) is 192 Å². The van der Waals surface area contributed by atoms with Crippen molar-refractivity contribution in [3.8, 4) is 0 Å². The zero-order valence-corrected chi connectivity index (χ0v) is 44.1. The first-order valence-corrected chi connectivity index (χ1v) is 29.3. The van der Waals surface area contributed by atoms with E-state index >= 15 is 0 Å². The van der Waals surface area contributed by atoms with Crippen molar-refractivity contribution in [1.29, 1.82) is 0 Å². The van der Waals surface area contributed by atoms with Crippen LogP contribution in [0.3, 0.4) is 0 Å². The summed E-state index contributed by atoms with van der Waals surface area (Å²) in [5, 5.41) is 50.4. The van der Waals surface area contributed by atoms with Crippen molar-refractivity contribution in [3.63, 3.8) is 0 Å². The lowest BCUT2D eigenvalue weighted by atomic mass is 9.85. The van der Waals surface area contributed by atoms with Crippen molar-refractivity contribution in [2.75, 3.05) is 19.8 Å². The van der Waals surface area contributed by atoms with Gasteiger partial charge in [0.2, 0.25) is 0 Å². The van der Waals surface area contributed by atoms with Gasteiger partial charge in [0.1, 0.15) is 42.7 Å². The van der Waals surface area contributed by atoms with Crippen molar-refractivity contribution in [2.45, 2.75) is 288 Å². The standard InChI is InChI=1S/C55H103O12P/c1-3-5-7-9-11-13-15-17-19-21-23-24-25-27-29-31-33-35-37-39-41-43-45-64-46-48(47-65-68(62,63)67-55-53(60)51(58)50(57)52(59)54(55)61)66-49(56)44-42-40-38-36-34-32-30-28-26-22-20-18-16-14-12-10-8-6-4-2/h15,17-18,20-21,23,48,50-55,57-61H,3-14,16,19,22,24-47H2,1-2H3,(H,62,63)/b17-15-,20-18-,23-21-. The normalized spacial score (nSPS) is 21.4. The van der Waals surface area contributed by atoms with Gasteiger partial charge in [0.05, 0.1) is 13.2 Å². The van der Waals surface area contributed by atoms with E-state index in [2.05, 4.69) is 50.3 Å². The van der Waals surface area contributed by atoms with Crippen LogP contribution in [0, 0.1) is 0 Å². The summed E-state index contributed by atoms with van der Waals surface area (Å²) in [7, 11) is -5.03. The molecule has 1 aliphatic carbocycles. The first-order chi connectivity index (χ1) is 33.0. The number of carbonyl (C=O) groups excluding carboxylic acids is 1. The molecular formula is C55H103O12P. The van der Waals surface area contributed by atoms with E-state index in [1.807, 2.05) is 0 Å². The SMILES string of the molecule is CCCCCCC/C=C\C/C=C\CCCCCCCCCCCCOCC(COP(=O)(O)OC1C(O)C(O)C(O)C(O)C1O)OC(=O)CCCCCCCCCCC/C=C\CCCCCCCC. The van der Waals surface area contributed by atoms with Crippen LogP contribution in [-0.2, 0) is 27.9 Å². The molecule has 1 fully saturated rings. The fraction of sp³-hybridized carbons (Fsp3) is 0.873. The number of allylic oxidation sites excluding steroid dienone is 6. The van der Waals surface area contributed by atoms with Crippen LogP contribution in [0.2, 0.25) is 0 Å². The third-order valence-corrected chi connectivity index (χ3v) is 14.0. The maximum absolute atomic E-state index is 12.9. The molecule has 0 saturated heterocycles. The summed E-state index contributed by atoms with van der Waals surface area (Å²) in [5.41, 5.74) is 0. The molecule has 68 heavy (non-hydrogen) atoms. The second-order valence-corrected chi connectivity index (χ2v) is 20.8. The second kappa shape index (κ2) is 45.4. The van der Waals surface area contributed by atoms with Gasteiger partial charge in [0.15, 0.2) is 0 Å². The third kappa shape index (κ3) is 36.5. The van der Waals surface area contributed by atoms with Gasteiger partial charge in [-0.1, -0.05) is 204 Å². The van der Waals surface area contributed by atoms with Crippen LogP contribution >= 0.6 is 7.82 Å². The number of rotatable bonds is 48. The first-order valence-electron chi connectivity index (χ1n) is 27.8. The number of hydrogen-bond donors (Lipinski definition) is 6. The number of aliphatic hydroxyl groups is 5. The van der Waals surface area contributed by atoms with E-state index in [0.29, 0.717) is 13.0 Å². The Morgan fingerprint density at radius 3 is 1.25 bits per heavy atom. The van der Waals surface area contributed by atoms with E-state index in [1.54, 1.807) is 0 Å². The van der Waals surface area contributed by atoms with Gasteiger partial charge >= 0.3 is 13.8 Å². The van der Waals surface area contributed by atoms with Crippen LogP contribution < -0.4 is 0 Å². The fourth-order valence-corrected chi connectivity index (χ4v) is 9.53. The Kier molecular flexibility index (Phi) is 43.1. The largest absolute Gasteiger partial charge is 0.472 e. The predicted octanol–water partition coefficient (Wildman–Crippen LogP) is 13.0. The average Bonchev–Trinajstić information content (AvgIpc) is 3.32.